The molecular formula is C21H29ClN2O4. The van der Waals surface area contributed by atoms with Crippen LogP contribution in [-0.2, 0) is 14.3 Å². The van der Waals surface area contributed by atoms with Crippen LogP contribution in [0.25, 0.3) is 0 Å². The second kappa shape index (κ2) is 10.5. The third-order valence-corrected chi connectivity index (χ3v) is 5.46. The summed E-state index contributed by atoms with van der Waals surface area (Å²) in [7, 11) is 0. The van der Waals surface area contributed by atoms with Crippen LogP contribution in [-0.4, -0.2) is 36.5 Å². The minimum absolute atomic E-state index is 0.126. The van der Waals surface area contributed by atoms with Gasteiger partial charge in [0.25, 0.3) is 11.8 Å². The van der Waals surface area contributed by atoms with Gasteiger partial charge < -0.3 is 15.4 Å². The molecule has 1 aliphatic rings. The Morgan fingerprint density at radius 1 is 1.18 bits per heavy atom. The fourth-order valence-electron chi connectivity index (χ4n) is 3.37. The maximum absolute atomic E-state index is 12.4. The molecule has 0 heterocycles. The van der Waals surface area contributed by atoms with E-state index in [1.165, 1.54) is 6.42 Å². The predicted molar refractivity (Wildman–Crippen MR) is 108 cm³/mol. The van der Waals surface area contributed by atoms with Gasteiger partial charge in [-0.1, -0.05) is 57.3 Å². The van der Waals surface area contributed by atoms with Gasteiger partial charge in [-0.2, -0.15) is 0 Å². The van der Waals surface area contributed by atoms with Crippen molar-refractivity contribution in [2.75, 3.05) is 6.61 Å². The monoisotopic (exact) mass is 408 g/mol. The van der Waals surface area contributed by atoms with Gasteiger partial charge in [-0.15, -0.1) is 0 Å². The highest BCUT2D eigenvalue weighted by Gasteiger charge is 2.28. The summed E-state index contributed by atoms with van der Waals surface area (Å²) in [6, 6.07) is 5.86. The van der Waals surface area contributed by atoms with Crippen molar-refractivity contribution in [1.82, 2.24) is 10.6 Å². The SMILES string of the molecule is CC(C)[C@H](NC(=O)c1ccccc1Cl)C(=O)OCC(=O)N[C@@H]1CCCC[C@H]1C. The first-order chi connectivity index (χ1) is 13.3. The van der Waals surface area contributed by atoms with E-state index >= 15 is 0 Å². The number of esters is 1. The Kier molecular flexibility index (Phi) is 8.30. The lowest BCUT2D eigenvalue weighted by atomic mass is 9.86. The summed E-state index contributed by atoms with van der Waals surface area (Å²) in [5, 5.41) is 5.90. The van der Waals surface area contributed by atoms with E-state index in [0.717, 1.165) is 19.3 Å². The molecule has 7 heteroatoms. The predicted octanol–water partition coefficient (Wildman–Crippen LogP) is 3.33. The number of benzene rings is 1. The van der Waals surface area contributed by atoms with Crippen LogP contribution in [0.3, 0.4) is 0 Å². The Morgan fingerprint density at radius 3 is 2.50 bits per heavy atom. The summed E-state index contributed by atoms with van der Waals surface area (Å²) in [4.78, 5) is 37.0. The first-order valence-electron chi connectivity index (χ1n) is 9.81. The molecule has 1 saturated carbocycles. The Labute approximate surface area is 171 Å². The van der Waals surface area contributed by atoms with Crippen molar-refractivity contribution in [2.24, 2.45) is 11.8 Å². The molecule has 1 aromatic carbocycles. The zero-order chi connectivity index (χ0) is 20.7. The van der Waals surface area contributed by atoms with Crippen molar-refractivity contribution >= 4 is 29.4 Å². The second-order valence-corrected chi connectivity index (χ2v) is 8.13. The molecule has 0 saturated heterocycles. The Bertz CT molecular complexity index is 707. The molecule has 1 fully saturated rings. The van der Waals surface area contributed by atoms with Crippen molar-refractivity contribution in [3.05, 3.63) is 34.9 Å². The van der Waals surface area contributed by atoms with Crippen molar-refractivity contribution in [1.29, 1.82) is 0 Å². The van der Waals surface area contributed by atoms with Crippen molar-refractivity contribution < 1.29 is 19.1 Å². The number of nitrogens with one attached hydrogen (secondary N) is 2. The normalized spacial score (nSPS) is 20.3. The molecule has 1 aromatic rings. The number of amides is 2. The Morgan fingerprint density at radius 2 is 1.86 bits per heavy atom. The molecule has 0 spiro atoms. The van der Waals surface area contributed by atoms with Gasteiger partial charge in [0.15, 0.2) is 6.61 Å². The van der Waals surface area contributed by atoms with Gasteiger partial charge >= 0.3 is 5.97 Å². The van der Waals surface area contributed by atoms with E-state index in [1.807, 2.05) is 0 Å². The molecule has 1 aliphatic carbocycles. The molecule has 0 aliphatic heterocycles. The molecule has 6 nitrogen and oxygen atoms in total. The van der Waals surface area contributed by atoms with Gasteiger partial charge in [-0.3, -0.25) is 9.59 Å². The largest absolute Gasteiger partial charge is 0.454 e. The summed E-state index contributed by atoms with van der Waals surface area (Å²) in [5.41, 5.74) is 0.284. The Hall–Kier alpha value is -2.08. The number of ether oxygens (including phenoxy) is 1. The highest BCUT2D eigenvalue weighted by atomic mass is 35.5. The Balaban J connectivity index is 1.89. The second-order valence-electron chi connectivity index (χ2n) is 7.72. The van der Waals surface area contributed by atoms with Gasteiger partial charge in [0, 0.05) is 6.04 Å². The highest BCUT2D eigenvalue weighted by molar-refractivity contribution is 6.33. The lowest BCUT2D eigenvalue weighted by Gasteiger charge is -2.29. The number of hydrogen-bond acceptors (Lipinski definition) is 4. The van der Waals surface area contributed by atoms with Gasteiger partial charge in [0.2, 0.25) is 0 Å². The summed E-state index contributed by atoms with van der Waals surface area (Å²) in [5.74, 6) is -1.19. The molecular weight excluding hydrogens is 380 g/mol. The third-order valence-electron chi connectivity index (χ3n) is 5.13. The molecule has 28 heavy (non-hydrogen) atoms. The van der Waals surface area contributed by atoms with E-state index in [9.17, 15) is 14.4 Å². The number of hydrogen-bond donors (Lipinski definition) is 2. The first-order valence-corrected chi connectivity index (χ1v) is 10.2. The van der Waals surface area contributed by atoms with Gasteiger partial charge in [0.05, 0.1) is 10.6 Å². The van der Waals surface area contributed by atoms with Crippen LogP contribution in [0.5, 0.6) is 0 Å². The fraction of sp³-hybridized carbons (Fsp3) is 0.571. The smallest absolute Gasteiger partial charge is 0.329 e. The van der Waals surface area contributed by atoms with Crippen LogP contribution in [0.2, 0.25) is 5.02 Å². The highest BCUT2D eigenvalue weighted by Crippen LogP contribution is 2.23. The minimum atomic E-state index is -0.870. The molecule has 154 valence electrons. The van der Waals surface area contributed by atoms with Gasteiger partial charge in [-0.25, -0.2) is 4.79 Å². The third kappa shape index (κ3) is 6.23. The van der Waals surface area contributed by atoms with Crippen LogP contribution in [0.1, 0.15) is 56.8 Å². The maximum Gasteiger partial charge on any atom is 0.329 e. The standard InChI is InChI=1S/C21H29ClN2O4/c1-13(2)19(24-20(26)15-9-5-6-10-16(15)22)21(27)28-12-18(25)23-17-11-7-4-8-14(17)3/h5-6,9-10,13-14,17,19H,4,7-8,11-12H2,1-3H3,(H,23,25)(H,24,26)/t14-,17-,19+/m1/s1. The van der Waals surface area contributed by atoms with Crippen LogP contribution in [0, 0.1) is 11.8 Å². The number of carbonyl (C=O) groups excluding carboxylic acids is 3. The average Bonchev–Trinajstić information content (AvgIpc) is 2.66. The topological polar surface area (TPSA) is 84.5 Å². The van der Waals surface area contributed by atoms with Crippen molar-refractivity contribution in [2.45, 2.75) is 58.5 Å². The van der Waals surface area contributed by atoms with Crippen molar-refractivity contribution in [3.63, 3.8) is 0 Å². The van der Waals surface area contributed by atoms with E-state index in [4.69, 9.17) is 16.3 Å². The summed E-state index contributed by atoms with van der Waals surface area (Å²) in [6.45, 7) is 5.35. The van der Waals surface area contributed by atoms with Gasteiger partial charge in [-0.05, 0) is 36.8 Å². The summed E-state index contributed by atoms with van der Waals surface area (Å²) >= 11 is 6.04. The molecule has 0 unspecified atom stereocenters. The molecule has 0 aromatic heterocycles. The number of rotatable bonds is 7. The zero-order valence-electron chi connectivity index (χ0n) is 16.7. The average molecular weight is 409 g/mol. The van der Waals surface area contributed by atoms with E-state index in [-0.39, 0.29) is 30.0 Å². The van der Waals surface area contributed by atoms with E-state index in [2.05, 4.69) is 17.6 Å². The number of halogens is 1. The van der Waals surface area contributed by atoms with E-state index in [1.54, 1.807) is 38.1 Å². The minimum Gasteiger partial charge on any atom is -0.454 e. The van der Waals surface area contributed by atoms with Crippen LogP contribution in [0.4, 0.5) is 0 Å². The molecule has 0 radical (unpaired) electrons. The molecule has 2 rings (SSSR count). The first kappa shape index (κ1) is 22.2. The van der Waals surface area contributed by atoms with E-state index < -0.39 is 17.9 Å². The van der Waals surface area contributed by atoms with Gasteiger partial charge in [0.1, 0.15) is 6.04 Å². The van der Waals surface area contributed by atoms with Crippen LogP contribution >= 0.6 is 11.6 Å². The molecule has 0 bridgehead atoms. The van der Waals surface area contributed by atoms with Crippen molar-refractivity contribution in [3.8, 4) is 0 Å². The van der Waals surface area contributed by atoms with Crippen LogP contribution in [0.15, 0.2) is 24.3 Å². The summed E-state index contributed by atoms with van der Waals surface area (Å²) < 4.78 is 5.17. The van der Waals surface area contributed by atoms with Crippen LogP contribution < -0.4 is 10.6 Å². The lowest BCUT2D eigenvalue weighted by Crippen LogP contribution is -2.47. The molecule has 2 amide bonds. The van der Waals surface area contributed by atoms with E-state index in [0.29, 0.717) is 10.9 Å². The zero-order valence-corrected chi connectivity index (χ0v) is 17.4. The molecule has 2 N–H and O–H groups in total. The maximum atomic E-state index is 12.4. The fourth-order valence-corrected chi connectivity index (χ4v) is 3.59. The number of carbonyl (C=O) groups is 3. The quantitative estimate of drug-likeness (QED) is 0.677. The molecule has 3 atom stereocenters. The lowest BCUT2D eigenvalue weighted by molar-refractivity contribution is -0.151. The summed E-state index contributed by atoms with van der Waals surface area (Å²) in [6.07, 6.45) is 4.32.